The van der Waals surface area contributed by atoms with Gasteiger partial charge in [0.2, 0.25) is 0 Å². The Kier molecular flexibility index (Phi) is 4.34. The fraction of sp³-hybridized carbons (Fsp3) is 0.600. The Morgan fingerprint density at radius 2 is 1.86 bits per heavy atom. The number of aliphatic carboxylic acids is 1. The van der Waals surface area contributed by atoms with Gasteiger partial charge in [-0.1, -0.05) is 26.8 Å². The van der Waals surface area contributed by atoms with Crippen LogP contribution in [0.5, 0.6) is 0 Å². The summed E-state index contributed by atoms with van der Waals surface area (Å²) < 4.78 is 4.49. The molecule has 0 aliphatic rings. The molecule has 0 saturated carbocycles. The van der Waals surface area contributed by atoms with Gasteiger partial charge in [0.25, 0.3) is 0 Å². The summed E-state index contributed by atoms with van der Waals surface area (Å²) in [6, 6.07) is 0. The molecule has 0 bridgehead atoms. The predicted octanol–water partition coefficient (Wildman–Crippen LogP) is 1.61. The van der Waals surface area contributed by atoms with Crippen molar-refractivity contribution in [2.45, 2.75) is 27.2 Å². The first-order valence-electron chi connectivity index (χ1n) is 4.28. The molecule has 0 aromatic rings. The van der Waals surface area contributed by atoms with Gasteiger partial charge in [0.05, 0.1) is 13.5 Å². The summed E-state index contributed by atoms with van der Waals surface area (Å²) in [5, 5.41) is 8.58. The van der Waals surface area contributed by atoms with Crippen molar-refractivity contribution in [1.82, 2.24) is 0 Å². The number of carboxylic acids is 1. The zero-order valence-corrected chi connectivity index (χ0v) is 8.96. The van der Waals surface area contributed by atoms with Gasteiger partial charge in [0.15, 0.2) is 0 Å². The van der Waals surface area contributed by atoms with Crippen LogP contribution in [0.25, 0.3) is 0 Å². The van der Waals surface area contributed by atoms with E-state index in [0.717, 1.165) is 0 Å². The van der Waals surface area contributed by atoms with Crippen LogP contribution in [0.3, 0.4) is 0 Å². The highest BCUT2D eigenvalue weighted by molar-refractivity contribution is 5.93. The van der Waals surface area contributed by atoms with Gasteiger partial charge in [-0.3, -0.25) is 4.79 Å². The molecule has 14 heavy (non-hydrogen) atoms. The van der Waals surface area contributed by atoms with Crippen LogP contribution in [0.2, 0.25) is 0 Å². The van der Waals surface area contributed by atoms with E-state index in [1.165, 1.54) is 7.11 Å². The minimum atomic E-state index is -1.04. The van der Waals surface area contributed by atoms with E-state index in [4.69, 9.17) is 5.11 Å². The number of hydrogen-bond donors (Lipinski definition) is 1. The van der Waals surface area contributed by atoms with Crippen LogP contribution in [-0.2, 0) is 14.3 Å². The van der Waals surface area contributed by atoms with Crippen LogP contribution in [0, 0.1) is 5.41 Å². The lowest BCUT2D eigenvalue weighted by Crippen LogP contribution is -2.13. The molecule has 0 aliphatic carbocycles. The molecule has 4 nitrogen and oxygen atoms in total. The number of esters is 1. The number of carboxylic acid groups (broad SMARTS) is 1. The van der Waals surface area contributed by atoms with Crippen molar-refractivity contribution in [3.63, 3.8) is 0 Å². The third-order valence-corrected chi connectivity index (χ3v) is 1.40. The fourth-order valence-corrected chi connectivity index (χ4v) is 0.999. The fourth-order valence-electron chi connectivity index (χ4n) is 0.999. The van der Waals surface area contributed by atoms with Crippen molar-refractivity contribution in [2.24, 2.45) is 5.41 Å². The quantitative estimate of drug-likeness (QED) is 0.555. The van der Waals surface area contributed by atoms with Crippen molar-refractivity contribution in [3.8, 4) is 0 Å². The van der Waals surface area contributed by atoms with Crippen molar-refractivity contribution >= 4 is 11.9 Å². The standard InChI is InChI=1S/C10H16O4/c1-10(2,3)6-7(5-8(11)12)9(13)14-4/h6H,5H2,1-4H3,(H,11,12). The Morgan fingerprint density at radius 1 is 1.36 bits per heavy atom. The summed E-state index contributed by atoms with van der Waals surface area (Å²) in [7, 11) is 1.24. The van der Waals surface area contributed by atoms with E-state index in [2.05, 4.69) is 4.74 Å². The summed E-state index contributed by atoms with van der Waals surface area (Å²) in [4.78, 5) is 21.6. The number of carbonyl (C=O) groups excluding carboxylic acids is 1. The van der Waals surface area contributed by atoms with E-state index >= 15 is 0 Å². The van der Waals surface area contributed by atoms with Gasteiger partial charge in [-0.15, -0.1) is 0 Å². The van der Waals surface area contributed by atoms with Crippen molar-refractivity contribution in [2.75, 3.05) is 7.11 Å². The lowest BCUT2D eigenvalue weighted by atomic mass is 9.92. The number of hydrogen-bond acceptors (Lipinski definition) is 3. The van der Waals surface area contributed by atoms with E-state index in [9.17, 15) is 9.59 Å². The van der Waals surface area contributed by atoms with Crippen LogP contribution >= 0.6 is 0 Å². The summed E-state index contributed by atoms with van der Waals surface area (Å²) in [5.74, 6) is -1.62. The van der Waals surface area contributed by atoms with Crippen molar-refractivity contribution < 1.29 is 19.4 Å². The molecule has 0 atom stereocenters. The largest absolute Gasteiger partial charge is 0.481 e. The second-order valence-corrected chi connectivity index (χ2v) is 4.10. The maximum Gasteiger partial charge on any atom is 0.334 e. The van der Waals surface area contributed by atoms with E-state index in [-0.39, 0.29) is 17.4 Å². The Bertz CT molecular complexity index is 258. The molecule has 1 N–H and O–H groups in total. The third kappa shape index (κ3) is 5.35. The lowest BCUT2D eigenvalue weighted by Gasteiger charge is -2.14. The second kappa shape index (κ2) is 4.79. The second-order valence-electron chi connectivity index (χ2n) is 4.10. The molecule has 0 rings (SSSR count). The zero-order chi connectivity index (χ0) is 11.4. The predicted molar refractivity (Wildman–Crippen MR) is 51.8 cm³/mol. The number of rotatable bonds is 3. The Labute approximate surface area is 83.6 Å². The molecule has 0 fully saturated rings. The Morgan fingerprint density at radius 3 is 2.14 bits per heavy atom. The van der Waals surface area contributed by atoms with E-state index in [1.807, 2.05) is 20.8 Å². The normalized spacial score (nSPS) is 12.4. The van der Waals surface area contributed by atoms with Crippen LogP contribution in [0.1, 0.15) is 27.2 Å². The van der Waals surface area contributed by atoms with Crippen molar-refractivity contribution in [1.29, 1.82) is 0 Å². The number of ether oxygens (including phenoxy) is 1. The van der Waals surface area contributed by atoms with E-state index in [1.54, 1.807) is 6.08 Å². The first-order valence-corrected chi connectivity index (χ1v) is 4.28. The van der Waals surface area contributed by atoms with E-state index < -0.39 is 11.9 Å². The summed E-state index contributed by atoms with van der Waals surface area (Å²) >= 11 is 0. The lowest BCUT2D eigenvalue weighted by molar-refractivity contribution is -0.141. The van der Waals surface area contributed by atoms with Gasteiger partial charge >= 0.3 is 11.9 Å². The maximum absolute atomic E-state index is 11.2. The summed E-state index contributed by atoms with van der Waals surface area (Å²) in [6.07, 6.45) is 1.32. The van der Waals surface area contributed by atoms with Crippen LogP contribution in [-0.4, -0.2) is 24.2 Å². The maximum atomic E-state index is 11.2. The van der Waals surface area contributed by atoms with Gasteiger partial charge in [-0.2, -0.15) is 0 Å². The molecule has 0 heterocycles. The highest BCUT2D eigenvalue weighted by atomic mass is 16.5. The molecule has 0 aromatic heterocycles. The van der Waals surface area contributed by atoms with Gasteiger partial charge in [0.1, 0.15) is 0 Å². The van der Waals surface area contributed by atoms with Crippen LogP contribution in [0.15, 0.2) is 11.6 Å². The molecular weight excluding hydrogens is 184 g/mol. The van der Waals surface area contributed by atoms with Gasteiger partial charge < -0.3 is 9.84 Å². The zero-order valence-electron chi connectivity index (χ0n) is 8.96. The SMILES string of the molecule is COC(=O)C(=CC(C)(C)C)CC(=O)O. The third-order valence-electron chi connectivity index (χ3n) is 1.40. The van der Waals surface area contributed by atoms with Crippen molar-refractivity contribution in [3.05, 3.63) is 11.6 Å². The highest BCUT2D eigenvalue weighted by Crippen LogP contribution is 2.19. The summed E-state index contributed by atoms with van der Waals surface area (Å²) in [5.41, 5.74) is -0.0496. The average Bonchev–Trinajstić information content (AvgIpc) is 1.98. The molecule has 0 aliphatic heterocycles. The Hall–Kier alpha value is -1.32. The summed E-state index contributed by atoms with van der Waals surface area (Å²) in [6.45, 7) is 5.66. The van der Waals surface area contributed by atoms with Gasteiger partial charge in [-0.25, -0.2) is 4.79 Å². The van der Waals surface area contributed by atoms with Gasteiger partial charge in [-0.05, 0) is 5.41 Å². The molecule has 4 heteroatoms. The smallest absolute Gasteiger partial charge is 0.334 e. The minimum absolute atomic E-state index is 0.188. The number of methoxy groups -OCH3 is 1. The van der Waals surface area contributed by atoms with Gasteiger partial charge in [0, 0.05) is 5.57 Å². The molecule has 0 spiro atoms. The van der Waals surface area contributed by atoms with Crippen LogP contribution < -0.4 is 0 Å². The molecule has 0 aromatic carbocycles. The first kappa shape index (κ1) is 12.7. The molecule has 0 unspecified atom stereocenters. The average molecular weight is 200 g/mol. The molecule has 0 amide bonds. The molecular formula is C10H16O4. The highest BCUT2D eigenvalue weighted by Gasteiger charge is 2.17. The molecule has 0 saturated heterocycles. The topological polar surface area (TPSA) is 63.6 Å². The molecule has 80 valence electrons. The molecule has 0 radical (unpaired) electrons. The van der Waals surface area contributed by atoms with Crippen LogP contribution in [0.4, 0.5) is 0 Å². The Balaban J connectivity index is 4.81. The monoisotopic (exact) mass is 200 g/mol. The first-order chi connectivity index (χ1) is 6.26. The number of carbonyl (C=O) groups is 2. The number of allylic oxidation sites excluding steroid dienone is 1. The van der Waals surface area contributed by atoms with E-state index in [0.29, 0.717) is 0 Å². The minimum Gasteiger partial charge on any atom is -0.481 e.